The van der Waals surface area contributed by atoms with Crippen LogP contribution in [0, 0.1) is 6.92 Å². The van der Waals surface area contributed by atoms with Gasteiger partial charge in [-0.2, -0.15) is 0 Å². The molecule has 0 saturated carbocycles. The fourth-order valence-electron chi connectivity index (χ4n) is 1.08. The van der Waals surface area contributed by atoms with Crippen molar-refractivity contribution in [2.45, 2.75) is 37.3 Å². The number of primary sulfonamides is 1. The highest BCUT2D eigenvalue weighted by molar-refractivity contribution is 7.91. The zero-order chi connectivity index (χ0) is 11.1. The maximum absolute atomic E-state index is 11.3. The van der Waals surface area contributed by atoms with Gasteiger partial charge in [-0.3, -0.25) is 0 Å². The molecule has 0 aromatic carbocycles. The molecule has 0 spiro atoms. The molecule has 1 rings (SSSR count). The van der Waals surface area contributed by atoms with Crippen molar-refractivity contribution in [3.63, 3.8) is 0 Å². The molecule has 0 aliphatic carbocycles. The Morgan fingerprint density at radius 3 is 2.14 bits per heavy atom. The van der Waals surface area contributed by atoms with Crippen molar-refractivity contribution in [1.29, 1.82) is 0 Å². The van der Waals surface area contributed by atoms with E-state index in [1.165, 1.54) is 0 Å². The zero-order valence-corrected chi connectivity index (χ0v) is 10.3. The maximum atomic E-state index is 11.3. The Labute approximate surface area is 88.2 Å². The van der Waals surface area contributed by atoms with E-state index >= 15 is 0 Å². The van der Waals surface area contributed by atoms with Crippen molar-refractivity contribution in [2.75, 3.05) is 0 Å². The van der Waals surface area contributed by atoms with Gasteiger partial charge in [0.25, 0.3) is 0 Å². The Bertz CT molecular complexity index is 440. The molecule has 1 aromatic heterocycles. The summed E-state index contributed by atoms with van der Waals surface area (Å²) in [5.74, 6) is 0. The van der Waals surface area contributed by atoms with Gasteiger partial charge >= 0.3 is 0 Å². The second kappa shape index (κ2) is 3.29. The Morgan fingerprint density at radius 2 is 1.86 bits per heavy atom. The third-order valence-electron chi connectivity index (χ3n) is 1.67. The third-order valence-corrected chi connectivity index (χ3v) is 4.09. The van der Waals surface area contributed by atoms with E-state index in [1.54, 1.807) is 6.92 Å². The fourth-order valence-corrected chi connectivity index (χ4v) is 3.38. The van der Waals surface area contributed by atoms with E-state index in [4.69, 9.17) is 5.14 Å². The largest absolute Gasteiger partial charge is 0.249 e. The predicted octanol–water partition coefficient (Wildman–Crippen LogP) is 1.40. The highest BCUT2D eigenvalue weighted by Crippen LogP contribution is 2.31. The average molecular weight is 234 g/mol. The molecule has 14 heavy (non-hydrogen) atoms. The number of aryl methyl sites for hydroxylation is 1. The van der Waals surface area contributed by atoms with E-state index in [0.717, 1.165) is 16.3 Å². The number of nitrogens with two attached hydrogens (primary N) is 1. The lowest BCUT2D eigenvalue weighted by atomic mass is 9.93. The van der Waals surface area contributed by atoms with E-state index in [0.29, 0.717) is 5.69 Å². The smallest absolute Gasteiger partial charge is 0.245 e. The van der Waals surface area contributed by atoms with Crippen LogP contribution in [-0.4, -0.2) is 13.4 Å². The van der Waals surface area contributed by atoms with Gasteiger partial charge in [-0.15, -0.1) is 11.3 Å². The summed E-state index contributed by atoms with van der Waals surface area (Å²) >= 11 is 1.12. The molecule has 0 atom stereocenters. The summed E-state index contributed by atoms with van der Waals surface area (Å²) in [7, 11) is -3.64. The lowest BCUT2D eigenvalue weighted by Gasteiger charge is -2.16. The monoisotopic (exact) mass is 234 g/mol. The van der Waals surface area contributed by atoms with Crippen LogP contribution >= 0.6 is 11.3 Å². The molecule has 6 heteroatoms. The first-order valence-electron chi connectivity index (χ1n) is 4.13. The topological polar surface area (TPSA) is 73.0 Å². The van der Waals surface area contributed by atoms with Crippen molar-refractivity contribution in [3.8, 4) is 0 Å². The van der Waals surface area contributed by atoms with Gasteiger partial charge in [-0.25, -0.2) is 18.5 Å². The van der Waals surface area contributed by atoms with Crippen LogP contribution in [0.2, 0.25) is 0 Å². The molecule has 1 aromatic rings. The van der Waals surface area contributed by atoms with Gasteiger partial charge in [-0.1, -0.05) is 20.8 Å². The number of thiazole rings is 1. The first kappa shape index (κ1) is 11.6. The molecule has 4 nitrogen and oxygen atoms in total. The number of hydrogen-bond donors (Lipinski definition) is 1. The van der Waals surface area contributed by atoms with Crippen LogP contribution in [-0.2, 0) is 15.4 Å². The van der Waals surface area contributed by atoms with Gasteiger partial charge in [0, 0.05) is 5.41 Å². The van der Waals surface area contributed by atoms with E-state index in [9.17, 15) is 8.42 Å². The Hall–Kier alpha value is -0.460. The molecule has 2 N–H and O–H groups in total. The van der Waals surface area contributed by atoms with E-state index in [-0.39, 0.29) is 9.62 Å². The van der Waals surface area contributed by atoms with Gasteiger partial charge < -0.3 is 0 Å². The molecule has 0 unspecified atom stereocenters. The van der Waals surface area contributed by atoms with Gasteiger partial charge in [0.15, 0.2) is 4.21 Å². The molecule has 0 bridgehead atoms. The Balaban J connectivity index is 3.46. The van der Waals surface area contributed by atoms with Gasteiger partial charge in [0.05, 0.1) is 10.7 Å². The molecule has 0 amide bonds. The summed E-state index contributed by atoms with van der Waals surface area (Å²) in [4.78, 5) is 4.21. The number of hydrogen-bond acceptors (Lipinski definition) is 4. The van der Waals surface area contributed by atoms with Crippen LogP contribution in [0.4, 0.5) is 0 Å². The highest BCUT2D eigenvalue weighted by atomic mass is 32.2. The lowest BCUT2D eigenvalue weighted by molar-refractivity contribution is 0.551. The van der Waals surface area contributed by atoms with Crippen molar-refractivity contribution < 1.29 is 8.42 Å². The zero-order valence-electron chi connectivity index (χ0n) is 8.66. The van der Waals surface area contributed by atoms with Crippen LogP contribution in [0.3, 0.4) is 0 Å². The Morgan fingerprint density at radius 1 is 1.36 bits per heavy atom. The molecule has 0 aliphatic heterocycles. The SMILES string of the molecule is Cc1nc(C(C)(C)C)c(S(N)(=O)=O)s1. The number of nitrogens with zero attached hydrogens (tertiary/aromatic N) is 1. The molecule has 80 valence electrons. The average Bonchev–Trinajstić information content (AvgIpc) is 2.27. The summed E-state index contributed by atoms with van der Waals surface area (Å²) in [6.07, 6.45) is 0. The fraction of sp³-hybridized carbons (Fsp3) is 0.625. The molecule has 1 heterocycles. The van der Waals surface area contributed by atoms with Crippen LogP contribution in [0.25, 0.3) is 0 Å². The van der Waals surface area contributed by atoms with Gasteiger partial charge in [0.2, 0.25) is 10.0 Å². The van der Waals surface area contributed by atoms with E-state index in [1.807, 2.05) is 20.8 Å². The summed E-state index contributed by atoms with van der Waals surface area (Å²) in [6.45, 7) is 7.51. The first-order chi connectivity index (χ1) is 6.12. The normalized spacial score (nSPS) is 13.2. The number of rotatable bonds is 1. The van der Waals surface area contributed by atoms with E-state index < -0.39 is 10.0 Å². The van der Waals surface area contributed by atoms with Crippen molar-refractivity contribution in [2.24, 2.45) is 5.14 Å². The standard InChI is InChI=1S/C8H14N2O2S2/c1-5-10-6(8(2,3)4)7(13-5)14(9,11)12/h1-4H3,(H2,9,11,12). The summed E-state index contributed by atoms with van der Waals surface area (Å²) in [5, 5.41) is 5.83. The number of sulfonamides is 1. The first-order valence-corrected chi connectivity index (χ1v) is 6.49. The lowest BCUT2D eigenvalue weighted by Crippen LogP contribution is -2.19. The van der Waals surface area contributed by atoms with Crippen LogP contribution in [0.5, 0.6) is 0 Å². The predicted molar refractivity (Wildman–Crippen MR) is 56.9 cm³/mol. The number of aromatic nitrogens is 1. The second-order valence-corrected chi connectivity index (χ2v) is 7.12. The third kappa shape index (κ3) is 2.31. The van der Waals surface area contributed by atoms with Crippen molar-refractivity contribution in [1.82, 2.24) is 4.98 Å². The molecule has 0 aliphatic rings. The van der Waals surface area contributed by atoms with Crippen LogP contribution in [0.15, 0.2) is 4.21 Å². The van der Waals surface area contributed by atoms with Gasteiger partial charge in [0.1, 0.15) is 0 Å². The van der Waals surface area contributed by atoms with Crippen LogP contribution < -0.4 is 5.14 Å². The quantitative estimate of drug-likeness (QED) is 0.798. The minimum absolute atomic E-state index is 0.183. The van der Waals surface area contributed by atoms with Crippen LogP contribution in [0.1, 0.15) is 31.5 Å². The maximum Gasteiger partial charge on any atom is 0.249 e. The highest BCUT2D eigenvalue weighted by Gasteiger charge is 2.27. The van der Waals surface area contributed by atoms with E-state index in [2.05, 4.69) is 4.98 Å². The summed E-state index contributed by atoms with van der Waals surface area (Å²) in [6, 6.07) is 0. The molecule has 0 saturated heterocycles. The molecular formula is C8H14N2O2S2. The molecular weight excluding hydrogens is 220 g/mol. The molecule has 0 radical (unpaired) electrons. The minimum Gasteiger partial charge on any atom is -0.245 e. The minimum atomic E-state index is -3.64. The second-order valence-electron chi connectivity index (χ2n) is 4.16. The molecule has 0 fully saturated rings. The van der Waals surface area contributed by atoms with Gasteiger partial charge in [-0.05, 0) is 6.92 Å². The Kier molecular flexibility index (Phi) is 2.73. The van der Waals surface area contributed by atoms with Crippen molar-refractivity contribution >= 4 is 21.4 Å². The summed E-state index contributed by atoms with van der Waals surface area (Å²) in [5.41, 5.74) is 0.259. The van der Waals surface area contributed by atoms with Crippen molar-refractivity contribution in [3.05, 3.63) is 10.7 Å². The summed E-state index contributed by atoms with van der Waals surface area (Å²) < 4.78 is 22.7.